The number of fused-ring (bicyclic) bond motifs is 1. The molecular weight excluding hydrogens is 142 g/mol. The zero-order chi connectivity index (χ0) is 7.68. The predicted molar refractivity (Wildman–Crippen MR) is 38.7 cm³/mol. The standard InChI is InChI=1S/C6H11N5/c7-5-1-2-6-8-9-10-11(6)4-3-5/h5H,1-4,7H2/t5-/m1/s1. The molecule has 5 heteroatoms. The molecule has 5 nitrogen and oxygen atoms in total. The van der Waals surface area contributed by atoms with Crippen LogP contribution in [0, 0.1) is 0 Å². The van der Waals surface area contributed by atoms with E-state index in [0.29, 0.717) is 6.04 Å². The van der Waals surface area contributed by atoms with Crippen molar-refractivity contribution in [2.75, 3.05) is 0 Å². The Morgan fingerprint density at radius 1 is 1.45 bits per heavy atom. The van der Waals surface area contributed by atoms with E-state index in [1.165, 1.54) is 0 Å². The fraction of sp³-hybridized carbons (Fsp3) is 0.833. The normalized spacial score (nSPS) is 24.3. The first-order chi connectivity index (χ1) is 5.36. The third-order valence-corrected chi connectivity index (χ3v) is 2.06. The van der Waals surface area contributed by atoms with E-state index < -0.39 is 0 Å². The molecule has 1 aromatic heterocycles. The Morgan fingerprint density at radius 2 is 2.36 bits per heavy atom. The molecule has 2 N–H and O–H groups in total. The van der Waals surface area contributed by atoms with Crippen LogP contribution in [0.15, 0.2) is 0 Å². The summed E-state index contributed by atoms with van der Waals surface area (Å²) in [5.74, 6) is 0.970. The number of aryl methyl sites for hydroxylation is 2. The first-order valence-corrected chi connectivity index (χ1v) is 3.87. The first-order valence-electron chi connectivity index (χ1n) is 3.87. The number of aromatic nitrogens is 4. The van der Waals surface area contributed by atoms with E-state index in [-0.39, 0.29) is 0 Å². The van der Waals surface area contributed by atoms with Crippen molar-refractivity contribution in [3.63, 3.8) is 0 Å². The van der Waals surface area contributed by atoms with Crippen molar-refractivity contribution in [1.82, 2.24) is 20.2 Å². The van der Waals surface area contributed by atoms with Crippen molar-refractivity contribution in [3.8, 4) is 0 Å². The van der Waals surface area contributed by atoms with Crippen molar-refractivity contribution in [2.24, 2.45) is 5.73 Å². The highest BCUT2D eigenvalue weighted by Crippen LogP contribution is 2.08. The van der Waals surface area contributed by atoms with Crippen LogP contribution in [0.25, 0.3) is 0 Å². The second kappa shape index (κ2) is 2.58. The van der Waals surface area contributed by atoms with Crippen LogP contribution in [0.4, 0.5) is 0 Å². The van der Waals surface area contributed by atoms with Gasteiger partial charge in [-0.1, -0.05) is 0 Å². The average Bonchev–Trinajstić information content (AvgIpc) is 2.38. The molecular formula is C6H11N5. The van der Waals surface area contributed by atoms with Gasteiger partial charge in [-0.15, -0.1) is 5.10 Å². The summed E-state index contributed by atoms with van der Waals surface area (Å²) in [7, 11) is 0. The van der Waals surface area contributed by atoms with Gasteiger partial charge in [-0.25, -0.2) is 4.68 Å². The summed E-state index contributed by atoms with van der Waals surface area (Å²) in [6.45, 7) is 0.865. The quantitative estimate of drug-likeness (QED) is 0.537. The van der Waals surface area contributed by atoms with E-state index in [2.05, 4.69) is 15.5 Å². The van der Waals surface area contributed by atoms with Crippen LogP contribution in [-0.2, 0) is 13.0 Å². The molecule has 0 saturated carbocycles. The number of hydrogen-bond donors (Lipinski definition) is 1. The van der Waals surface area contributed by atoms with Gasteiger partial charge in [0.25, 0.3) is 0 Å². The van der Waals surface area contributed by atoms with Crippen molar-refractivity contribution in [2.45, 2.75) is 31.8 Å². The minimum atomic E-state index is 0.304. The number of tetrazole rings is 1. The fourth-order valence-electron chi connectivity index (χ4n) is 1.32. The zero-order valence-corrected chi connectivity index (χ0v) is 6.27. The molecule has 60 valence electrons. The molecule has 0 spiro atoms. The maximum atomic E-state index is 5.78. The lowest BCUT2D eigenvalue weighted by molar-refractivity contribution is 0.515. The average molecular weight is 153 g/mol. The minimum absolute atomic E-state index is 0.304. The smallest absolute Gasteiger partial charge is 0.151 e. The third kappa shape index (κ3) is 1.23. The lowest BCUT2D eigenvalue weighted by atomic mass is 10.1. The molecule has 0 bridgehead atoms. The summed E-state index contributed by atoms with van der Waals surface area (Å²) in [6.07, 6.45) is 2.90. The van der Waals surface area contributed by atoms with Crippen molar-refractivity contribution in [3.05, 3.63) is 5.82 Å². The van der Waals surface area contributed by atoms with Crippen molar-refractivity contribution < 1.29 is 0 Å². The first kappa shape index (κ1) is 6.72. The second-order valence-corrected chi connectivity index (χ2v) is 2.91. The summed E-state index contributed by atoms with van der Waals surface area (Å²) < 4.78 is 1.84. The molecule has 0 unspecified atom stereocenters. The van der Waals surface area contributed by atoms with Gasteiger partial charge >= 0.3 is 0 Å². The molecule has 1 aliphatic heterocycles. The Bertz CT molecular complexity index is 220. The van der Waals surface area contributed by atoms with Gasteiger partial charge in [0.1, 0.15) is 0 Å². The summed E-state index contributed by atoms with van der Waals surface area (Å²) in [5, 5.41) is 11.3. The Labute approximate surface area is 64.6 Å². The molecule has 11 heavy (non-hydrogen) atoms. The predicted octanol–water partition coefficient (Wildman–Crippen LogP) is -0.663. The summed E-state index contributed by atoms with van der Waals surface area (Å²) in [6, 6.07) is 0.304. The molecule has 1 atom stereocenters. The maximum Gasteiger partial charge on any atom is 0.151 e. The summed E-state index contributed by atoms with van der Waals surface area (Å²) >= 11 is 0. The van der Waals surface area contributed by atoms with Gasteiger partial charge in [0.05, 0.1) is 0 Å². The molecule has 1 aliphatic rings. The van der Waals surface area contributed by atoms with Crippen LogP contribution < -0.4 is 5.73 Å². The molecule has 2 rings (SSSR count). The number of hydrogen-bond acceptors (Lipinski definition) is 4. The van der Waals surface area contributed by atoms with E-state index in [0.717, 1.165) is 31.6 Å². The lowest BCUT2D eigenvalue weighted by Crippen LogP contribution is -2.20. The minimum Gasteiger partial charge on any atom is -0.328 e. The van der Waals surface area contributed by atoms with E-state index in [1.807, 2.05) is 4.68 Å². The van der Waals surface area contributed by atoms with Crippen LogP contribution in [0.3, 0.4) is 0 Å². The largest absolute Gasteiger partial charge is 0.328 e. The molecule has 1 aromatic rings. The summed E-state index contributed by atoms with van der Waals surface area (Å²) in [5.41, 5.74) is 5.78. The van der Waals surface area contributed by atoms with Crippen LogP contribution in [-0.4, -0.2) is 26.2 Å². The topological polar surface area (TPSA) is 69.6 Å². The van der Waals surface area contributed by atoms with Gasteiger partial charge in [-0.2, -0.15) is 0 Å². The number of rotatable bonds is 0. The highest BCUT2D eigenvalue weighted by atomic mass is 15.5. The molecule has 0 fully saturated rings. The number of nitrogens with two attached hydrogens (primary N) is 1. The van der Waals surface area contributed by atoms with Crippen LogP contribution in [0.5, 0.6) is 0 Å². The van der Waals surface area contributed by atoms with Gasteiger partial charge in [0, 0.05) is 19.0 Å². The van der Waals surface area contributed by atoms with Gasteiger partial charge in [-0.3, -0.25) is 0 Å². The van der Waals surface area contributed by atoms with Crippen LogP contribution >= 0.6 is 0 Å². The van der Waals surface area contributed by atoms with Gasteiger partial charge in [0.15, 0.2) is 5.82 Å². The monoisotopic (exact) mass is 153 g/mol. The van der Waals surface area contributed by atoms with Gasteiger partial charge < -0.3 is 5.73 Å². The van der Waals surface area contributed by atoms with Crippen LogP contribution in [0.2, 0.25) is 0 Å². The highest BCUT2D eigenvalue weighted by Gasteiger charge is 2.14. The SMILES string of the molecule is N[C@@H]1CCc2nnnn2CC1. The highest BCUT2D eigenvalue weighted by molar-refractivity contribution is 4.85. The van der Waals surface area contributed by atoms with Crippen molar-refractivity contribution in [1.29, 1.82) is 0 Å². The van der Waals surface area contributed by atoms with Gasteiger partial charge in [0.2, 0.25) is 0 Å². The van der Waals surface area contributed by atoms with Crippen LogP contribution in [0.1, 0.15) is 18.7 Å². The van der Waals surface area contributed by atoms with E-state index in [9.17, 15) is 0 Å². The third-order valence-electron chi connectivity index (χ3n) is 2.06. The Kier molecular flexibility index (Phi) is 1.58. The Morgan fingerprint density at radius 3 is 3.27 bits per heavy atom. The van der Waals surface area contributed by atoms with E-state index >= 15 is 0 Å². The van der Waals surface area contributed by atoms with Crippen molar-refractivity contribution >= 4 is 0 Å². The molecule has 0 saturated heterocycles. The zero-order valence-electron chi connectivity index (χ0n) is 6.27. The number of nitrogens with zero attached hydrogens (tertiary/aromatic N) is 4. The second-order valence-electron chi connectivity index (χ2n) is 2.91. The molecule has 0 amide bonds. The molecule has 0 aliphatic carbocycles. The van der Waals surface area contributed by atoms with E-state index in [1.54, 1.807) is 0 Å². The lowest BCUT2D eigenvalue weighted by Gasteiger charge is -2.03. The van der Waals surface area contributed by atoms with E-state index in [4.69, 9.17) is 5.73 Å². The van der Waals surface area contributed by atoms with Gasteiger partial charge in [-0.05, 0) is 23.3 Å². The maximum absolute atomic E-state index is 5.78. The molecule has 2 heterocycles. The summed E-state index contributed by atoms with van der Waals surface area (Å²) in [4.78, 5) is 0. The fourth-order valence-corrected chi connectivity index (χ4v) is 1.32. The Balaban J connectivity index is 2.20. The molecule has 0 aromatic carbocycles. The Hall–Kier alpha value is -0.970. The molecule has 0 radical (unpaired) electrons.